The molecule has 0 radical (unpaired) electrons. The Bertz CT molecular complexity index is 700. The van der Waals surface area contributed by atoms with Crippen molar-refractivity contribution in [3.05, 3.63) is 24.0 Å². The highest BCUT2D eigenvalue weighted by molar-refractivity contribution is 7.22. The van der Waals surface area contributed by atoms with Gasteiger partial charge in [-0.05, 0) is 24.6 Å². The van der Waals surface area contributed by atoms with Crippen LogP contribution in [0, 0.1) is 5.82 Å². The zero-order chi connectivity index (χ0) is 16.9. The summed E-state index contributed by atoms with van der Waals surface area (Å²) >= 11 is 1.38. The maximum atomic E-state index is 13.4. The second-order valence-corrected chi connectivity index (χ2v) is 7.03. The number of rotatable bonds is 6. The summed E-state index contributed by atoms with van der Waals surface area (Å²) in [5, 5.41) is 0.668. The normalized spacial score (nSPS) is 15.8. The Kier molecular flexibility index (Phi) is 5.76. The van der Waals surface area contributed by atoms with Crippen molar-refractivity contribution in [2.45, 2.75) is 19.8 Å². The van der Waals surface area contributed by atoms with Gasteiger partial charge in [-0.25, -0.2) is 9.37 Å². The molecule has 2 aromatic rings. The fourth-order valence-corrected chi connectivity index (χ4v) is 3.89. The zero-order valence-corrected chi connectivity index (χ0v) is 14.7. The third-order valence-electron chi connectivity index (χ3n) is 4.22. The van der Waals surface area contributed by atoms with E-state index < -0.39 is 0 Å². The Morgan fingerprint density at radius 3 is 2.96 bits per heavy atom. The molecule has 7 heteroatoms. The van der Waals surface area contributed by atoms with Crippen LogP contribution in [0.1, 0.15) is 19.8 Å². The molecule has 1 aromatic carbocycles. The third kappa shape index (κ3) is 4.09. The van der Waals surface area contributed by atoms with E-state index in [1.807, 2.05) is 6.92 Å². The number of nitrogens with zero attached hydrogens (tertiary/aromatic N) is 2. The van der Waals surface area contributed by atoms with Crippen molar-refractivity contribution in [3.8, 4) is 0 Å². The molecule has 5 nitrogen and oxygen atoms in total. The van der Waals surface area contributed by atoms with Crippen LogP contribution in [0.15, 0.2) is 18.2 Å². The number of carbonyl (C=O) groups excluding carboxylic acids is 1. The molecule has 0 unspecified atom stereocenters. The lowest BCUT2D eigenvalue weighted by atomic mass is 10.3. The number of fused-ring (bicyclic) bond motifs is 1. The summed E-state index contributed by atoms with van der Waals surface area (Å²) in [6.45, 7) is 7.01. The van der Waals surface area contributed by atoms with E-state index in [0.717, 1.165) is 49.5 Å². The van der Waals surface area contributed by atoms with E-state index in [2.05, 4.69) is 4.98 Å². The highest BCUT2D eigenvalue weighted by Crippen LogP contribution is 2.29. The van der Waals surface area contributed by atoms with Crippen LogP contribution < -0.4 is 9.80 Å². The summed E-state index contributed by atoms with van der Waals surface area (Å²) in [6.07, 6.45) is 1.31. The van der Waals surface area contributed by atoms with E-state index in [1.54, 1.807) is 11.0 Å². The van der Waals surface area contributed by atoms with Crippen molar-refractivity contribution < 1.29 is 18.8 Å². The van der Waals surface area contributed by atoms with Crippen molar-refractivity contribution in [2.75, 3.05) is 44.3 Å². The van der Waals surface area contributed by atoms with Crippen molar-refractivity contribution in [3.63, 3.8) is 0 Å². The minimum Gasteiger partial charge on any atom is -0.370 e. The molecule has 1 aliphatic heterocycles. The lowest BCUT2D eigenvalue weighted by Crippen LogP contribution is -3.14. The number of aromatic nitrogens is 1. The van der Waals surface area contributed by atoms with E-state index in [4.69, 9.17) is 4.74 Å². The number of benzene rings is 1. The van der Waals surface area contributed by atoms with Crippen molar-refractivity contribution in [2.24, 2.45) is 0 Å². The standard InChI is InChI=1S/C17H22FN3O2S/c1-2-3-16(22)21(7-6-20-8-10-23-11-9-20)17-19-14-5-4-13(18)12-15(14)24-17/h4-5,12H,2-3,6-11H2,1H3/p+1. The van der Waals surface area contributed by atoms with Crippen molar-refractivity contribution in [1.29, 1.82) is 0 Å². The number of amides is 1. The predicted molar refractivity (Wildman–Crippen MR) is 93.2 cm³/mol. The number of quaternary nitrogens is 1. The first-order chi connectivity index (χ1) is 11.7. The maximum Gasteiger partial charge on any atom is 0.228 e. The van der Waals surface area contributed by atoms with Gasteiger partial charge in [-0.2, -0.15) is 0 Å². The van der Waals surface area contributed by atoms with Crippen LogP contribution in [0.3, 0.4) is 0 Å². The van der Waals surface area contributed by atoms with Gasteiger partial charge in [-0.3, -0.25) is 9.69 Å². The second kappa shape index (κ2) is 8.00. The summed E-state index contributed by atoms with van der Waals surface area (Å²) in [4.78, 5) is 20.3. The number of hydrogen-bond acceptors (Lipinski definition) is 4. The molecule has 0 aliphatic carbocycles. The smallest absolute Gasteiger partial charge is 0.228 e. The Hall–Kier alpha value is -1.57. The van der Waals surface area contributed by atoms with Crippen LogP contribution in [-0.4, -0.2) is 50.3 Å². The molecule has 0 atom stereocenters. The number of hydrogen-bond donors (Lipinski definition) is 1. The van der Waals surface area contributed by atoms with Crippen LogP contribution in [0.2, 0.25) is 0 Å². The van der Waals surface area contributed by atoms with Crippen LogP contribution in [-0.2, 0) is 9.53 Å². The Balaban J connectivity index is 1.78. The quantitative estimate of drug-likeness (QED) is 0.857. The Morgan fingerprint density at radius 2 is 2.21 bits per heavy atom. The van der Waals surface area contributed by atoms with Gasteiger partial charge in [0.2, 0.25) is 5.91 Å². The summed E-state index contributed by atoms with van der Waals surface area (Å²) in [5.41, 5.74) is 0.740. The zero-order valence-electron chi connectivity index (χ0n) is 13.9. The molecule has 2 heterocycles. The summed E-state index contributed by atoms with van der Waals surface area (Å²) in [5.74, 6) is -0.188. The minimum absolute atomic E-state index is 0.0877. The predicted octanol–water partition coefficient (Wildman–Crippen LogP) is 1.48. The van der Waals surface area contributed by atoms with Gasteiger partial charge in [0, 0.05) is 6.42 Å². The third-order valence-corrected chi connectivity index (χ3v) is 5.27. The van der Waals surface area contributed by atoms with Crippen molar-refractivity contribution in [1.82, 2.24) is 4.98 Å². The first-order valence-electron chi connectivity index (χ1n) is 8.45. The fourth-order valence-electron chi connectivity index (χ4n) is 2.86. The molecule has 1 N–H and O–H groups in total. The number of thiazole rings is 1. The summed E-state index contributed by atoms with van der Waals surface area (Å²) < 4.78 is 19.6. The van der Waals surface area contributed by atoms with E-state index >= 15 is 0 Å². The van der Waals surface area contributed by atoms with Gasteiger partial charge in [0.05, 0.1) is 36.5 Å². The molecule has 130 valence electrons. The molecule has 1 saturated heterocycles. The first kappa shape index (κ1) is 17.3. The van der Waals surface area contributed by atoms with Gasteiger partial charge in [0.1, 0.15) is 18.9 Å². The molecule has 0 spiro atoms. The van der Waals surface area contributed by atoms with Gasteiger partial charge in [-0.15, -0.1) is 0 Å². The Morgan fingerprint density at radius 1 is 1.42 bits per heavy atom. The lowest BCUT2D eigenvalue weighted by molar-refractivity contribution is -0.906. The van der Waals surface area contributed by atoms with Gasteiger partial charge in [-0.1, -0.05) is 18.3 Å². The van der Waals surface area contributed by atoms with Crippen LogP contribution in [0.4, 0.5) is 9.52 Å². The molecule has 24 heavy (non-hydrogen) atoms. The number of anilines is 1. The minimum atomic E-state index is -0.276. The first-order valence-corrected chi connectivity index (χ1v) is 9.27. The van der Waals surface area contributed by atoms with Crippen LogP contribution >= 0.6 is 11.3 Å². The number of nitrogens with one attached hydrogen (secondary N) is 1. The molecule has 1 fully saturated rings. The molecule has 0 saturated carbocycles. The number of ether oxygens (including phenoxy) is 1. The molecule has 1 amide bonds. The summed E-state index contributed by atoms with van der Waals surface area (Å²) in [6, 6.07) is 4.55. The number of carbonyl (C=O) groups is 1. The van der Waals surface area contributed by atoms with E-state index in [1.165, 1.54) is 28.4 Å². The fraction of sp³-hybridized carbons (Fsp3) is 0.529. The molecular weight excluding hydrogens is 329 g/mol. The van der Waals surface area contributed by atoms with Gasteiger partial charge < -0.3 is 9.64 Å². The topological polar surface area (TPSA) is 46.9 Å². The maximum absolute atomic E-state index is 13.4. The second-order valence-electron chi connectivity index (χ2n) is 6.02. The largest absolute Gasteiger partial charge is 0.370 e. The summed E-state index contributed by atoms with van der Waals surface area (Å²) in [7, 11) is 0. The van der Waals surface area contributed by atoms with Gasteiger partial charge in [0.15, 0.2) is 5.13 Å². The van der Waals surface area contributed by atoms with Crippen molar-refractivity contribution >= 4 is 32.6 Å². The van der Waals surface area contributed by atoms with E-state index in [-0.39, 0.29) is 11.7 Å². The van der Waals surface area contributed by atoms with Crippen LogP contribution in [0.25, 0.3) is 10.2 Å². The average molecular weight is 352 g/mol. The average Bonchev–Trinajstić information content (AvgIpc) is 2.99. The lowest BCUT2D eigenvalue weighted by Gasteiger charge is -2.26. The Labute approximate surface area is 145 Å². The number of halogens is 1. The molecule has 3 rings (SSSR count). The van der Waals surface area contributed by atoms with E-state index in [0.29, 0.717) is 18.1 Å². The SMILES string of the molecule is CCCC(=O)N(CC[NH+]1CCOCC1)c1nc2ccc(F)cc2s1. The molecule has 0 bridgehead atoms. The van der Waals surface area contributed by atoms with Gasteiger partial charge in [0.25, 0.3) is 0 Å². The highest BCUT2D eigenvalue weighted by atomic mass is 32.1. The molecule has 1 aromatic heterocycles. The monoisotopic (exact) mass is 352 g/mol. The highest BCUT2D eigenvalue weighted by Gasteiger charge is 2.22. The molecule has 1 aliphatic rings. The van der Waals surface area contributed by atoms with E-state index in [9.17, 15) is 9.18 Å². The molecular formula is C17H23FN3O2S+. The number of morpholine rings is 1. The van der Waals surface area contributed by atoms with Crippen LogP contribution in [0.5, 0.6) is 0 Å². The van der Waals surface area contributed by atoms with Gasteiger partial charge >= 0.3 is 0 Å².